The molecule has 0 bridgehead atoms. The largest absolute Gasteiger partial charge is 0.411 e. The van der Waals surface area contributed by atoms with Gasteiger partial charge in [-0.1, -0.05) is 37.3 Å². The third-order valence-electron chi connectivity index (χ3n) is 3.52. The minimum absolute atomic E-state index is 0.0365. The zero-order valence-electron chi connectivity index (χ0n) is 13.9. The molecule has 0 aliphatic carbocycles. The van der Waals surface area contributed by atoms with E-state index in [9.17, 15) is 19.7 Å². The van der Waals surface area contributed by atoms with E-state index in [1.807, 2.05) is 0 Å². The Hall–Kier alpha value is -3.69. The van der Waals surface area contributed by atoms with Crippen LogP contribution in [0.5, 0.6) is 5.88 Å². The molecule has 0 aliphatic heterocycles. The van der Waals surface area contributed by atoms with Crippen LogP contribution in [-0.4, -0.2) is 28.3 Å². The number of ketones is 1. The molecule has 26 heavy (non-hydrogen) atoms. The van der Waals surface area contributed by atoms with Gasteiger partial charge in [-0.05, 0) is 6.42 Å². The van der Waals surface area contributed by atoms with Gasteiger partial charge < -0.3 is 21.5 Å². The Balaban J connectivity index is 2.43. The maximum Gasteiger partial charge on any atom is 0.411 e. The van der Waals surface area contributed by atoms with E-state index in [-0.39, 0.29) is 35.9 Å². The number of nitro groups is 1. The van der Waals surface area contributed by atoms with Gasteiger partial charge in [0.2, 0.25) is 11.7 Å². The van der Waals surface area contributed by atoms with Crippen LogP contribution in [0.3, 0.4) is 0 Å². The van der Waals surface area contributed by atoms with E-state index in [0.29, 0.717) is 5.56 Å². The van der Waals surface area contributed by atoms with Crippen LogP contribution in [0.25, 0.3) is 0 Å². The van der Waals surface area contributed by atoms with Gasteiger partial charge in [0.25, 0.3) is 0 Å². The summed E-state index contributed by atoms with van der Waals surface area (Å²) in [5.74, 6) is -0.981. The number of nitrogens with two attached hydrogens (primary N) is 2. The maximum atomic E-state index is 12.3. The fourth-order valence-electron chi connectivity index (χ4n) is 2.39. The number of nitrogen functional groups attached to an aromatic ring is 1. The minimum atomic E-state index is -1.13. The van der Waals surface area contributed by atoms with Crippen molar-refractivity contribution < 1.29 is 19.2 Å². The van der Waals surface area contributed by atoms with E-state index in [1.54, 1.807) is 37.3 Å². The van der Waals surface area contributed by atoms with Gasteiger partial charge in [0.05, 0.1) is 11.5 Å². The number of hydrogen-bond acceptors (Lipinski definition) is 8. The molecule has 0 saturated carbocycles. The lowest BCUT2D eigenvalue weighted by molar-refractivity contribution is -0.383. The van der Waals surface area contributed by atoms with Crippen molar-refractivity contribution in [1.29, 1.82) is 0 Å². The Morgan fingerprint density at radius 1 is 1.31 bits per heavy atom. The number of carbonyl (C=O) groups is 2. The summed E-state index contributed by atoms with van der Waals surface area (Å²) in [6.07, 6.45) is -0.912. The number of aromatic nitrogens is 1. The molecule has 0 spiro atoms. The number of primary amides is 1. The molecule has 0 unspecified atom stereocenters. The average molecular weight is 359 g/mol. The molecule has 1 aromatic heterocycles. The standard InChI is InChI=1S/C16H17N5O5/c1-2-10-12(19-8-11(22)9-6-4-3-5-7-9)13(21(24)25)14(17)20-15(10)26-16(18)23/h3-7H,2,8H2,1H3,(H2,18,23)(H3,17,19,20). The second kappa shape index (κ2) is 7.92. The summed E-state index contributed by atoms with van der Waals surface area (Å²) >= 11 is 0. The summed E-state index contributed by atoms with van der Waals surface area (Å²) < 4.78 is 4.78. The van der Waals surface area contributed by atoms with E-state index in [2.05, 4.69) is 10.3 Å². The average Bonchev–Trinajstić information content (AvgIpc) is 2.59. The molecule has 2 aromatic rings. The predicted octanol–water partition coefficient (Wildman–Crippen LogP) is 1.89. The first-order valence-corrected chi connectivity index (χ1v) is 7.61. The Labute approximate surface area is 148 Å². The highest BCUT2D eigenvalue weighted by Gasteiger charge is 2.28. The van der Waals surface area contributed by atoms with E-state index >= 15 is 0 Å². The van der Waals surface area contributed by atoms with Gasteiger partial charge >= 0.3 is 11.8 Å². The van der Waals surface area contributed by atoms with Crippen molar-refractivity contribution in [3.63, 3.8) is 0 Å². The second-order valence-electron chi connectivity index (χ2n) is 5.18. The van der Waals surface area contributed by atoms with Crippen molar-refractivity contribution in [3.8, 4) is 5.88 Å². The third kappa shape index (κ3) is 4.04. The zero-order chi connectivity index (χ0) is 19.3. The van der Waals surface area contributed by atoms with Crippen molar-refractivity contribution in [2.45, 2.75) is 13.3 Å². The van der Waals surface area contributed by atoms with Crippen molar-refractivity contribution in [1.82, 2.24) is 4.98 Å². The summed E-state index contributed by atoms with van der Waals surface area (Å²) in [7, 11) is 0. The van der Waals surface area contributed by atoms with Crippen molar-refractivity contribution >= 4 is 29.1 Å². The fraction of sp³-hybridized carbons (Fsp3) is 0.188. The van der Waals surface area contributed by atoms with Crippen LogP contribution in [-0.2, 0) is 6.42 Å². The number of amides is 1. The molecule has 0 fully saturated rings. The van der Waals surface area contributed by atoms with Crippen LogP contribution in [0, 0.1) is 10.1 Å². The van der Waals surface area contributed by atoms with Crippen molar-refractivity contribution in [3.05, 3.63) is 51.6 Å². The number of anilines is 2. The van der Waals surface area contributed by atoms with Gasteiger partial charge in [0.1, 0.15) is 5.69 Å². The molecule has 5 N–H and O–H groups in total. The molecule has 136 valence electrons. The predicted molar refractivity (Wildman–Crippen MR) is 94.2 cm³/mol. The van der Waals surface area contributed by atoms with Crippen molar-refractivity contribution in [2.24, 2.45) is 5.73 Å². The van der Waals surface area contributed by atoms with Crippen LogP contribution in [0.15, 0.2) is 30.3 Å². The van der Waals surface area contributed by atoms with Crippen LogP contribution in [0.1, 0.15) is 22.8 Å². The van der Waals surface area contributed by atoms with Crippen LogP contribution >= 0.6 is 0 Å². The molecule has 1 amide bonds. The highest BCUT2D eigenvalue weighted by atomic mass is 16.6. The number of rotatable bonds is 7. The molecular formula is C16H17N5O5. The van der Waals surface area contributed by atoms with Gasteiger partial charge in [-0.3, -0.25) is 14.9 Å². The lowest BCUT2D eigenvalue weighted by atomic mass is 10.1. The molecule has 0 saturated heterocycles. The number of pyridine rings is 1. The van der Waals surface area contributed by atoms with E-state index < -0.39 is 22.5 Å². The Kier molecular flexibility index (Phi) is 5.68. The first kappa shape index (κ1) is 18.6. The molecule has 0 radical (unpaired) electrons. The molecule has 10 nitrogen and oxygen atoms in total. The normalized spacial score (nSPS) is 10.2. The van der Waals surface area contributed by atoms with Crippen LogP contribution in [0.2, 0.25) is 0 Å². The lowest BCUT2D eigenvalue weighted by Gasteiger charge is -2.15. The quantitative estimate of drug-likeness (QED) is 0.383. The number of Topliss-reactive ketones (excluding diaryl/α,β-unsaturated/α-hetero) is 1. The summed E-state index contributed by atoms with van der Waals surface area (Å²) in [5, 5.41) is 14.1. The number of nitrogens with one attached hydrogen (secondary N) is 1. The maximum absolute atomic E-state index is 12.3. The molecular weight excluding hydrogens is 342 g/mol. The lowest BCUT2D eigenvalue weighted by Crippen LogP contribution is -2.21. The summed E-state index contributed by atoms with van der Waals surface area (Å²) in [4.78, 5) is 37.7. The summed E-state index contributed by atoms with van der Waals surface area (Å²) in [6, 6.07) is 8.43. The molecule has 10 heteroatoms. The number of carbonyl (C=O) groups excluding carboxylic acids is 2. The zero-order valence-corrected chi connectivity index (χ0v) is 13.9. The van der Waals surface area contributed by atoms with Gasteiger partial charge in [0, 0.05) is 11.1 Å². The second-order valence-corrected chi connectivity index (χ2v) is 5.18. The van der Waals surface area contributed by atoms with E-state index in [1.165, 1.54) is 0 Å². The molecule has 1 heterocycles. The first-order chi connectivity index (χ1) is 12.3. The van der Waals surface area contributed by atoms with Gasteiger partial charge in [-0.25, -0.2) is 4.79 Å². The highest BCUT2D eigenvalue weighted by molar-refractivity contribution is 5.99. The van der Waals surface area contributed by atoms with Gasteiger partial charge in [0.15, 0.2) is 5.78 Å². The fourth-order valence-corrected chi connectivity index (χ4v) is 2.39. The van der Waals surface area contributed by atoms with Crippen LogP contribution in [0.4, 0.5) is 22.0 Å². The number of benzene rings is 1. The van der Waals surface area contributed by atoms with Crippen molar-refractivity contribution in [2.75, 3.05) is 17.6 Å². The summed E-state index contributed by atoms with van der Waals surface area (Å²) in [6.45, 7) is 1.45. The monoisotopic (exact) mass is 359 g/mol. The molecule has 0 aliphatic rings. The third-order valence-corrected chi connectivity index (χ3v) is 3.52. The molecule has 0 atom stereocenters. The van der Waals surface area contributed by atoms with E-state index in [4.69, 9.17) is 16.2 Å². The Morgan fingerprint density at radius 2 is 1.96 bits per heavy atom. The van der Waals surface area contributed by atoms with Gasteiger partial charge in [-0.15, -0.1) is 0 Å². The summed E-state index contributed by atoms with van der Waals surface area (Å²) in [5.41, 5.74) is 10.7. The smallest absolute Gasteiger partial charge is 0.391 e. The number of ether oxygens (including phenoxy) is 1. The Bertz CT molecular complexity index is 854. The van der Waals surface area contributed by atoms with E-state index in [0.717, 1.165) is 0 Å². The minimum Gasteiger partial charge on any atom is -0.391 e. The number of hydrogen-bond donors (Lipinski definition) is 3. The first-order valence-electron chi connectivity index (χ1n) is 7.61. The molecule has 1 aromatic carbocycles. The Morgan fingerprint density at radius 3 is 2.50 bits per heavy atom. The molecule has 2 rings (SSSR count). The topological polar surface area (TPSA) is 163 Å². The highest BCUT2D eigenvalue weighted by Crippen LogP contribution is 2.38. The van der Waals surface area contributed by atoms with Gasteiger partial charge in [-0.2, -0.15) is 4.98 Å². The van der Waals surface area contributed by atoms with Crippen LogP contribution < -0.4 is 21.5 Å². The number of nitrogens with zero attached hydrogens (tertiary/aromatic N) is 2. The SMILES string of the molecule is CCc1c(OC(N)=O)nc(N)c([N+](=O)[O-])c1NCC(=O)c1ccccc1.